The van der Waals surface area contributed by atoms with Crippen LogP contribution in [0.3, 0.4) is 0 Å². The Labute approximate surface area is 192 Å². The minimum absolute atomic E-state index is 0.0432. The van der Waals surface area contributed by atoms with Crippen molar-refractivity contribution >= 4 is 0 Å². The van der Waals surface area contributed by atoms with Gasteiger partial charge < -0.3 is 5.11 Å². The number of fused-ring (bicyclic) bond motifs is 7. The zero-order valence-corrected chi connectivity index (χ0v) is 21.9. The summed E-state index contributed by atoms with van der Waals surface area (Å²) in [7, 11) is 0. The summed E-state index contributed by atoms with van der Waals surface area (Å²) in [5.41, 5.74) is 3.61. The van der Waals surface area contributed by atoms with Gasteiger partial charge in [0.25, 0.3) is 0 Å². The molecule has 0 bridgehead atoms. The molecule has 0 radical (unpaired) electrons. The Morgan fingerprint density at radius 3 is 2.16 bits per heavy atom. The van der Waals surface area contributed by atoms with Crippen molar-refractivity contribution in [1.29, 1.82) is 0 Å². The monoisotopic (exact) mass is 426 g/mol. The smallest absolute Gasteiger partial charge is 0.0594 e. The Morgan fingerprint density at radius 1 is 0.806 bits per heavy atom. The summed E-state index contributed by atoms with van der Waals surface area (Å²) >= 11 is 0. The van der Waals surface area contributed by atoms with Crippen molar-refractivity contribution < 1.29 is 5.11 Å². The van der Waals surface area contributed by atoms with E-state index in [1.165, 1.54) is 51.4 Å². The van der Waals surface area contributed by atoms with E-state index >= 15 is 0 Å². The number of aliphatic hydroxyl groups is 1. The molecule has 5 aliphatic rings. The summed E-state index contributed by atoms with van der Waals surface area (Å²) < 4.78 is 0. The molecule has 5 rings (SSSR count). The lowest BCUT2D eigenvalue weighted by Gasteiger charge is -2.69. The van der Waals surface area contributed by atoms with E-state index in [4.69, 9.17) is 0 Å². The van der Waals surface area contributed by atoms with Crippen LogP contribution in [0.15, 0.2) is 11.6 Å². The average Bonchev–Trinajstić information content (AvgIpc) is 3.05. The van der Waals surface area contributed by atoms with Crippen LogP contribution in [0.2, 0.25) is 0 Å². The first-order valence-electron chi connectivity index (χ1n) is 13.7. The Hall–Kier alpha value is -0.300. The molecule has 0 aromatic carbocycles. The summed E-state index contributed by atoms with van der Waals surface area (Å²) in [6, 6.07) is 0. The van der Waals surface area contributed by atoms with Crippen molar-refractivity contribution in [1.82, 2.24) is 0 Å². The summed E-state index contributed by atoms with van der Waals surface area (Å²) in [4.78, 5) is 0. The first kappa shape index (κ1) is 22.5. The molecular formula is C30H50O. The van der Waals surface area contributed by atoms with Crippen molar-refractivity contribution in [2.45, 2.75) is 119 Å². The Kier molecular flexibility index (Phi) is 4.82. The van der Waals surface area contributed by atoms with Crippen molar-refractivity contribution in [3.05, 3.63) is 11.6 Å². The third-order valence-corrected chi connectivity index (χ3v) is 13.2. The van der Waals surface area contributed by atoms with Crippen molar-refractivity contribution in [3.63, 3.8) is 0 Å². The number of hydrogen-bond donors (Lipinski definition) is 1. The molecule has 4 fully saturated rings. The molecule has 5 aliphatic carbocycles. The molecule has 0 spiro atoms. The van der Waals surface area contributed by atoms with Gasteiger partial charge in [0, 0.05) is 0 Å². The van der Waals surface area contributed by atoms with Gasteiger partial charge in [-0.25, -0.2) is 0 Å². The molecule has 1 heteroatoms. The van der Waals surface area contributed by atoms with Crippen molar-refractivity contribution in [3.8, 4) is 0 Å². The molecule has 0 aromatic heterocycles. The predicted molar refractivity (Wildman–Crippen MR) is 131 cm³/mol. The maximum atomic E-state index is 10.8. The third kappa shape index (κ3) is 2.60. The van der Waals surface area contributed by atoms with Gasteiger partial charge in [0.1, 0.15) is 0 Å². The molecule has 176 valence electrons. The Morgan fingerprint density at radius 2 is 1.48 bits per heavy atom. The van der Waals surface area contributed by atoms with Gasteiger partial charge in [-0.15, -0.1) is 0 Å². The van der Waals surface area contributed by atoms with Gasteiger partial charge in [-0.3, -0.25) is 0 Å². The van der Waals surface area contributed by atoms with Crippen LogP contribution in [0.5, 0.6) is 0 Å². The van der Waals surface area contributed by atoms with Crippen LogP contribution in [-0.2, 0) is 0 Å². The molecule has 0 heterocycles. The SMILES string of the molecule is CC(C)[C@H]1CC[C@@H]2[C@]1(C)CC[C@@]1(C)[C@@H]3CC[C@H]4C(C)(C)[C@@H](O)CC[C@]4(C)C3=CC[C@@]21C. The van der Waals surface area contributed by atoms with Gasteiger partial charge >= 0.3 is 0 Å². The van der Waals surface area contributed by atoms with Gasteiger partial charge in [-0.1, -0.05) is 67.0 Å². The standard InChI is InChI=1S/C30H50O/c1-19(2)20-9-12-24-28(20,6)17-18-29(7)22-10-11-23-26(3,4)25(31)14-15-27(23,5)21(22)13-16-30(24,29)8/h13,19-20,22-25,31H,9-12,14-18H2,1-8H3/t20-,22-,23+,24-,25+,27-,28-,29+,30+/m1/s1. The fourth-order valence-electron chi connectivity index (χ4n) is 11.2. The lowest BCUT2D eigenvalue weighted by Crippen LogP contribution is -2.62. The van der Waals surface area contributed by atoms with Crippen LogP contribution in [0.4, 0.5) is 0 Å². The zero-order valence-electron chi connectivity index (χ0n) is 21.9. The molecule has 31 heavy (non-hydrogen) atoms. The maximum absolute atomic E-state index is 10.8. The largest absolute Gasteiger partial charge is 0.393 e. The molecule has 0 unspecified atom stereocenters. The van der Waals surface area contributed by atoms with Crippen LogP contribution in [-0.4, -0.2) is 11.2 Å². The third-order valence-electron chi connectivity index (χ3n) is 13.2. The first-order chi connectivity index (χ1) is 14.3. The van der Waals surface area contributed by atoms with Crippen molar-refractivity contribution in [2.75, 3.05) is 0 Å². The highest BCUT2D eigenvalue weighted by Gasteiger charge is 2.68. The quantitative estimate of drug-likeness (QED) is 0.421. The van der Waals surface area contributed by atoms with E-state index in [2.05, 4.69) is 61.5 Å². The summed E-state index contributed by atoms with van der Waals surface area (Å²) in [5, 5.41) is 10.8. The minimum atomic E-state index is -0.131. The summed E-state index contributed by atoms with van der Waals surface area (Å²) in [6.07, 6.45) is 14.6. The zero-order chi connectivity index (χ0) is 22.6. The van der Waals surface area contributed by atoms with E-state index in [-0.39, 0.29) is 11.5 Å². The molecule has 0 aliphatic heterocycles. The van der Waals surface area contributed by atoms with Crippen molar-refractivity contribution in [2.24, 2.45) is 56.7 Å². The van der Waals surface area contributed by atoms with Crippen LogP contribution in [0, 0.1) is 56.7 Å². The highest BCUT2D eigenvalue weighted by atomic mass is 16.3. The van der Waals surface area contributed by atoms with E-state index in [1.807, 2.05) is 5.57 Å². The van der Waals surface area contributed by atoms with Gasteiger partial charge in [-0.2, -0.15) is 0 Å². The Balaban J connectivity index is 1.55. The molecule has 9 atom stereocenters. The van der Waals surface area contributed by atoms with E-state index in [9.17, 15) is 5.11 Å². The Bertz CT molecular complexity index is 777. The molecular weight excluding hydrogens is 376 g/mol. The summed E-state index contributed by atoms with van der Waals surface area (Å²) in [6.45, 7) is 20.4. The van der Waals surface area contributed by atoms with Gasteiger partial charge in [0.15, 0.2) is 0 Å². The molecule has 0 saturated heterocycles. The first-order valence-corrected chi connectivity index (χ1v) is 13.7. The molecule has 0 aromatic rings. The summed E-state index contributed by atoms with van der Waals surface area (Å²) in [5.74, 6) is 4.02. The maximum Gasteiger partial charge on any atom is 0.0594 e. The highest BCUT2D eigenvalue weighted by Crippen LogP contribution is 2.76. The average molecular weight is 427 g/mol. The molecule has 1 nitrogen and oxygen atoms in total. The van der Waals surface area contributed by atoms with Crippen LogP contribution in [0.25, 0.3) is 0 Å². The van der Waals surface area contributed by atoms with E-state index < -0.39 is 0 Å². The normalized spacial score (nSPS) is 55.7. The lowest BCUT2D eigenvalue weighted by atomic mass is 9.35. The predicted octanol–water partition coefficient (Wildman–Crippen LogP) is 8.02. The molecule has 0 amide bonds. The molecule has 1 N–H and O–H groups in total. The van der Waals surface area contributed by atoms with Crippen LogP contribution < -0.4 is 0 Å². The van der Waals surface area contributed by atoms with Crippen LogP contribution in [0.1, 0.15) is 113 Å². The van der Waals surface area contributed by atoms with Gasteiger partial charge in [0.2, 0.25) is 0 Å². The van der Waals surface area contributed by atoms with Crippen LogP contribution >= 0.6 is 0 Å². The fraction of sp³-hybridized carbons (Fsp3) is 0.933. The number of hydrogen-bond acceptors (Lipinski definition) is 1. The van der Waals surface area contributed by atoms with E-state index in [1.54, 1.807) is 0 Å². The second-order valence-corrected chi connectivity index (χ2v) is 14.7. The second kappa shape index (κ2) is 6.64. The number of rotatable bonds is 1. The lowest BCUT2D eigenvalue weighted by molar-refractivity contribution is -0.165. The van der Waals surface area contributed by atoms with Gasteiger partial charge in [-0.05, 0) is 114 Å². The molecule has 4 saturated carbocycles. The van der Waals surface area contributed by atoms with E-state index in [0.717, 1.165) is 30.1 Å². The van der Waals surface area contributed by atoms with Gasteiger partial charge in [0.05, 0.1) is 6.10 Å². The van der Waals surface area contributed by atoms with E-state index in [0.29, 0.717) is 27.6 Å². The minimum Gasteiger partial charge on any atom is -0.393 e. The second-order valence-electron chi connectivity index (χ2n) is 14.7. The number of allylic oxidation sites excluding steroid dienone is 2. The topological polar surface area (TPSA) is 20.2 Å². The fourth-order valence-corrected chi connectivity index (χ4v) is 11.2. The highest BCUT2D eigenvalue weighted by molar-refractivity contribution is 5.33. The number of aliphatic hydroxyl groups excluding tert-OH is 1.